The highest BCUT2D eigenvalue weighted by Crippen LogP contribution is 2.63. The quantitative estimate of drug-likeness (QED) is 0.348. The third-order valence-corrected chi connectivity index (χ3v) is 8.29. The van der Waals surface area contributed by atoms with Gasteiger partial charge in [-0.3, -0.25) is 4.79 Å². The summed E-state index contributed by atoms with van der Waals surface area (Å²) in [7, 11) is 0. The van der Waals surface area contributed by atoms with Gasteiger partial charge in [-0.1, -0.05) is 20.8 Å². The average Bonchev–Trinajstić information content (AvgIpc) is 3.20. The lowest BCUT2D eigenvalue weighted by atomic mass is 9.55. The Balaban J connectivity index is 1.49. The fourth-order valence-corrected chi connectivity index (χ4v) is 6.52. The molecule has 4 fully saturated rings. The predicted octanol–water partition coefficient (Wildman–Crippen LogP) is -0.976. The number of carbonyl (C=O) groups is 1. The van der Waals surface area contributed by atoms with Crippen LogP contribution < -0.4 is 0 Å². The first kappa shape index (κ1) is 22.4. The monoisotopic (exact) mass is 430 g/mol. The second-order valence-corrected chi connectivity index (χ2v) is 9.97. The summed E-state index contributed by atoms with van der Waals surface area (Å²) in [5.41, 5.74) is -0.582. The van der Waals surface area contributed by atoms with Gasteiger partial charge in [-0.25, -0.2) is 0 Å². The summed E-state index contributed by atoms with van der Waals surface area (Å²) in [6.45, 7) is 5.71. The van der Waals surface area contributed by atoms with Crippen molar-refractivity contribution >= 4 is 5.97 Å². The normalized spacial score (nSPS) is 53.1. The number of hydrogen-bond acceptors (Lipinski definition) is 9. The fourth-order valence-electron chi connectivity index (χ4n) is 6.52. The first-order valence-corrected chi connectivity index (χ1v) is 10.9. The van der Waals surface area contributed by atoms with Crippen molar-refractivity contribution in [2.45, 2.75) is 76.5 Å². The van der Waals surface area contributed by atoms with Crippen LogP contribution in [-0.2, 0) is 19.0 Å². The van der Waals surface area contributed by atoms with Crippen LogP contribution >= 0.6 is 0 Å². The van der Waals surface area contributed by atoms with Crippen LogP contribution in [0.1, 0.15) is 33.6 Å². The molecule has 172 valence electrons. The molecule has 4 rings (SSSR count). The minimum Gasteiger partial charge on any atom is -0.459 e. The van der Waals surface area contributed by atoms with E-state index in [0.29, 0.717) is 0 Å². The second kappa shape index (κ2) is 7.95. The lowest BCUT2D eigenvalue weighted by Gasteiger charge is -2.50. The SMILES string of the molecule is CC(C)[C@H]1[C@H]2OC(=O)[C@@H]1[C@H]1CC[C@H](CO[C@@H]3O[C@H](CO)[C@@H](O)[C@H](O)[C@H]3O)[C@@]1(C)[C@H]2O. The smallest absolute Gasteiger partial charge is 0.310 e. The van der Waals surface area contributed by atoms with Gasteiger partial charge in [0, 0.05) is 11.3 Å². The number of hydrogen-bond donors (Lipinski definition) is 5. The molecule has 2 saturated carbocycles. The lowest BCUT2D eigenvalue weighted by Crippen LogP contribution is -2.60. The van der Waals surface area contributed by atoms with E-state index in [2.05, 4.69) is 13.8 Å². The van der Waals surface area contributed by atoms with Gasteiger partial charge in [-0.2, -0.15) is 0 Å². The van der Waals surface area contributed by atoms with Gasteiger partial charge in [0.25, 0.3) is 0 Å². The van der Waals surface area contributed by atoms with Crippen LogP contribution in [0.4, 0.5) is 0 Å². The van der Waals surface area contributed by atoms with Crippen molar-refractivity contribution in [3.63, 3.8) is 0 Å². The topological polar surface area (TPSA) is 146 Å². The highest BCUT2D eigenvalue weighted by atomic mass is 16.7. The van der Waals surface area contributed by atoms with E-state index < -0.39 is 54.9 Å². The Kier molecular flexibility index (Phi) is 5.93. The molecule has 2 aliphatic heterocycles. The van der Waals surface area contributed by atoms with Gasteiger partial charge >= 0.3 is 5.97 Å². The summed E-state index contributed by atoms with van der Waals surface area (Å²) in [5.74, 6) is -0.361. The third-order valence-electron chi connectivity index (χ3n) is 8.29. The minimum absolute atomic E-state index is 0.00399. The standard InChI is InChI=1S/C21H34O9/c1-8(2)12-13-10-5-4-9(21(10,3)18(26)17(12)30-19(13)27)7-28-20-16(25)15(24)14(23)11(6-22)29-20/h8-18,20,22-26H,4-7H2,1-3H3/t9-,10-,11-,12-,13-,14-,15+,16-,17-,18+,20-,21-/m1/s1. The molecule has 0 aromatic rings. The molecule has 0 aromatic heterocycles. The number of aliphatic hydroxyl groups excluding tert-OH is 5. The van der Waals surface area contributed by atoms with E-state index in [4.69, 9.17) is 14.2 Å². The van der Waals surface area contributed by atoms with E-state index in [1.807, 2.05) is 6.92 Å². The Bertz CT molecular complexity index is 654. The molecule has 9 nitrogen and oxygen atoms in total. The summed E-state index contributed by atoms with van der Waals surface area (Å²) in [6.07, 6.45) is -6.47. The molecule has 0 radical (unpaired) electrons. The Morgan fingerprint density at radius 3 is 2.47 bits per heavy atom. The first-order chi connectivity index (χ1) is 14.1. The van der Waals surface area contributed by atoms with Crippen LogP contribution in [0.15, 0.2) is 0 Å². The Labute approximate surface area is 175 Å². The molecule has 2 bridgehead atoms. The lowest BCUT2D eigenvalue weighted by molar-refractivity contribution is -0.305. The Hall–Kier alpha value is -0.810. The van der Waals surface area contributed by atoms with E-state index in [9.17, 15) is 30.3 Å². The zero-order valence-electron chi connectivity index (χ0n) is 17.6. The molecule has 12 atom stereocenters. The first-order valence-electron chi connectivity index (χ1n) is 10.9. The zero-order chi connectivity index (χ0) is 22.0. The maximum Gasteiger partial charge on any atom is 0.310 e. The molecular formula is C21H34O9. The maximum atomic E-state index is 12.6. The number of fused-ring (bicyclic) bond motifs is 4. The molecule has 5 N–H and O–H groups in total. The van der Waals surface area contributed by atoms with Crippen molar-refractivity contribution in [3.8, 4) is 0 Å². The van der Waals surface area contributed by atoms with Crippen LogP contribution in [0.2, 0.25) is 0 Å². The van der Waals surface area contributed by atoms with E-state index in [1.54, 1.807) is 0 Å². The Morgan fingerprint density at radius 1 is 1.13 bits per heavy atom. The summed E-state index contributed by atoms with van der Waals surface area (Å²) in [4.78, 5) is 12.6. The molecule has 2 saturated heterocycles. The fraction of sp³-hybridized carbons (Fsp3) is 0.952. The Morgan fingerprint density at radius 2 is 1.83 bits per heavy atom. The zero-order valence-corrected chi connectivity index (χ0v) is 17.6. The molecular weight excluding hydrogens is 396 g/mol. The van der Waals surface area contributed by atoms with Gasteiger partial charge in [0.1, 0.15) is 30.5 Å². The highest BCUT2D eigenvalue weighted by molar-refractivity contribution is 5.77. The van der Waals surface area contributed by atoms with Gasteiger partial charge in [-0.15, -0.1) is 0 Å². The predicted molar refractivity (Wildman–Crippen MR) is 102 cm³/mol. The van der Waals surface area contributed by atoms with Crippen molar-refractivity contribution in [2.24, 2.45) is 35.0 Å². The van der Waals surface area contributed by atoms with E-state index in [-0.39, 0.29) is 42.2 Å². The van der Waals surface area contributed by atoms with Crippen molar-refractivity contribution < 1.29 is 44.5 Å². The van der Waals surface area contributed by atoms with E-state index >= 15 is 0 Å². The number of esters is 1. The largest absolute Gasteiger partial charge is 0.459 e. The summed E-state index contributed by atoms with van der Waals surface area (Å²) < 4.78 is 16.8. The number of carbonyl (C=O) groups excluding carboxylic acids is 1. The van der Waals surface area contributed by atoms with Crippen molar-refractivity contribution in [2.75, 3.05) is 13.2 Å². The van der Waals surface area contributed by atoms with Crippen molar-refractivity contribution in [1.29, 1.82) is 0 Å². The van der Waals surface area contributed by atoms with Crippen LogP contribution in [0, 0.1) is 35.0 Å². The average molecular weight is 430 g/mol. The summed E-state index contributed by atoms with van der Waals surface area (Å²) in [6, 6.07) is 0. The molecule has 2 aliphatic carbocycles. The van der Waals surface area contributed by atoms with E-state index in [0.717, 1.165) is 12.8 Å². The second-order valence-electron chi connectivity index (χ2n) is 9.97. The van der Waals surface area contributed by atoms with Gasteiger partial charge in [-0.05, 0) is 30.6 Å². The van der Waals surface area contributed by atoms with Crippen molar-refractivity contribution in [1.82, 2.24) is 0 Å². The molecule has 0 spiro atoms. The number of rotatable bonds is 5. The highest BCUT2D eigenvalue weighted by Gasteiger charge is 2.68. The van der Waals surface area contributed by atoms with Crippen LogP contribution in [0.5, 0.6) is 0 Å². The molecule has 30 heavy (non-hydrogen) atoms. The molecule has 0 aromatic carbocycles. The molecule has 2 heterocycles. The molecule has 0 unspecified atom stereocenters. The molecule has 4 aliphatic rings. The molecule has 0 amide bonds. The van der Waals surface area contributed by atoms with Crippen LogP contribution in [0.25, 0.3) is 0 Å². The number of aliphatic hydroxyl groups is 5. The third kappa shape index (κ3) is 3.13. The maximum absolute atomic E-state index is 12.6. The minimum atomic E-state index is -1.50. The summed E-state index contributed by atoms with van der Waals surface area (Å²) >= 11 is 0. The molecule has 9 heteroatoms. The van der Waals surface area contributed by atoms with Gasteiger partial charge in [0.05, 0.1) is 25.2 Å². The number of ether oxygens (including phenoxy) is 3. The van der Waals surface area contributed by atoms with Gasteiger partial charge in [0.2, 0.25) is 0 Å². The van der Waals surface area contributed by atoms with Crippen LogP contribution in [0.3, 0.4) is 0 Å². The van der Waals surface area contributed by atoms with Crippen molar-refractivity contribution in [3.05, 3.63) is 0 Å². The van der Waals surface area contributed by atoms with Gasteiger partial charge < -0.3 is 39.7 Å². The van der Waals surface area contributed by atoms with Crippen LogP contribution in [-0.4, -0.2) is 87.6 Å². The van der Waals surface area contributed by atoms with Gasteiger partial charge in [0.15, 0.2) is 6.29 Å². The summed E-state index contributed by atoms with van der Waals surface area (Å²) in [5, 5.41) is 50.7. The van der Waals surface area contributed by atoms with E-state index in [1.165, 1.54) is 0 Å².